The quantitative estimate of drug-likeness (QED) is 0.0229. The zero-order valence-electron chi connectivity index (χ0n) is 70.4. The van der Waals surface area contributed by atoms with Gasteiger partial charge in [-0.05, 0) is 298 Å². The fraction of sp³-hybridized carbons (Fsp3) is 0.377. The molecule has 12 rings (SSSR count). The number of benzene rings is 12. The Hall–Kier alpha value is -10.2. The average molecular weight is 1520 g/mol. The molecule has 0 fully saturated rings. The molecule has 114 heavy (non-hydrogen) atoms. The molecule has 0 heterocycles. The van der Waals surface area contributed by atoms with Crippen LogP contribution in [0.4, 0.5) is 32.3 Å². The van der Waals surface area contributed by atoms with E-state index in [9.17, 15) is 9.59 Å². The van der Waals surface area contributed by atoms with Crippen molar-refractivity contribution in [2.75, 3.05) is 22.1 Å². The second-order valence-electron chi connectivity index (χ2n) is 33.7. The number of ether oxygens (including phenoxy) is 2. The van der Waals surface area contributed by atoms with E-state index >= 15 is 0 Å². The summed E-state index contributed by atoms with van der Waals surface area (Å²) < 4.78 is 11.1. The number of aryl methyl sites for hydroxylation is 4. The second kappa shape index (κ2) is 41.7. The molecule has 0 radical (unpaired) electrons. The van der Waals surface area contributed by atoms with E-state index in [4.69, 9.17) is 20.9 Å². The molecule has 2 amide bonds. The Morgan fingerprint density at radius 3 is 0.693 bits per heavy atom. The van der Waals surface area contributed by atoms with Crippen LogP contribution in [0, 0.1) is 0 Å². The summed E-state index contributed by atoms with van der Waals surface area (Å²) in [6.07, 6.45) is 33.4. The maximum atomic E-state index is 12.6. The SMILES string of the molecule is CCCCCCCCc1cc(-c2ccc(N)cc2)c2ccccc2c1-c1c(CCCCCCCC)cc(-c2ccc(N)cc2)c2ccccc12.CCCCCCCCc1cc(-c2ccc(NC(=O)OC(C)(C)C)cc2)c2ccccc2c1-c1c(CCCCCCCC)cc(-c2ccc(NC(=O)OC(C)(C)C)cc2)c2ccccc12. The first-order valence-corrected chi connectivity index (χ1v) is 43.4. The van der Waals surface area contributed by atoms with E-state index in [0.29, 0.717) is 11.4 Å². The number of carbonyl (C=O) groups is 2. The fourth-order valence-electron chi connectivity index (χ4n) is 16.7. The number of carbonyl (C=O) groups excluding carboxylic acids is 2. The zero-order valence-corrected chi connectivity index (χ0v) is 70.4. The minimum atomic E-state index is -0.578. The van der Waals surface area contributed by atoms with Crippen LogP contribution in [0.1, 0.15) is 246 Å². The van der Waals surface area contributed by atoms with Gasteiger partial charge in [0.25, 0.3) is 0 Å². The van der Waals surface area contributed by atoms with Gasteiger partial charge in [0.1, 0.15) is 11.2 Å². The number of hydrogen-bond donors (Lipinski definition) is 4. The van der Waals surface area contributed by atoms with Crippen LogP contribution in [0.5, 0.6) is 0 Å². The van der Waals surface area contributed by atoms with Crippen molar-refractivity contribution < 1.29 is 19.1 Å². The lowest BCUT2D eigenvalue weighted by molar-refractivity contribution is 0.0624. The number of anilines is 4. The van der Waals surface area contributed by atoms with Gasteiger partial charge in [-0.25, -0.2) is 9.59 Å². The van der Waals surface area contributed by atoms with E-state index in [1.54, 1.807) is 0 Å². The third-order valence-electron chi connectivity index (χ3n) is 22.3. The van der Waals surface area contributed by atoms with Crippen molar-refractivity contribution in [1.29, 1.82) is 0 Å². The first kappa shape index (κ1) is 84.7. The Labute approximate surface area is 682 Å². The molecular weight excluding hydrogens is 1390 g/mol. The lowest BCUT2D eigenvalue weighted by Gasteiger charge is -2.23. The van der Waals surface area contributed by atoms with Crippen LogP contribution in [0.15, 0.2) is 218 Å². The molecular formula is C106H128N4O4. The van der Waals surface area contributed by atoms with Crippen LogP contribution >= 0.6 is 0 Å². The summed E-state index contributed by atoms with van der Waals surface area (Å²) in [5, 5.41) is 16.1. The molecule has 12 aromatic carbocycles. The van der Waals surface area contributed by atoms with Gasteiger partial charge in [0.05, 0.1) is 0 Å². The van der Waals surface area contributed by atoms with Gasteiger partial charge < -0.3 is 20.9 Å². The normalized spacial score (nSPS) is 11.7. The molecule has 0 aliphatic heterocycles. The molecule has 6 N–H and O–H groups in total. The number of hydrogen-bond acceptors (Lipinski definition) is 6. The second-order valence-corrected chi connectivity index (χ2v) is 33.7. The molecule has 0 atom stereocenters. The van der Waals surface area contributed by atoms with Gasteiger partial charge in [0.15, 0.2) is 0 Å². The summed E-state index contributed by atoms with van der Waals surface area (Å²) in [4.78, 5) is 25.3. The summed E-state index contributed by atoms with van der Waals surface area (Å²) in [7, 11) is 0. The van der Waals surface area contributed by atoms with Crippen LogP contribution in [0.25, 0.3) is 110 Å². The van der Waals surface area contributed by atoms with Crippen LogP contribution < -0.4 is 22.1 Å². The summed E-state index contributed by atoms with van der Waals surface area (Å²) >= 11 is 0. The standard InChI is InChI=1S/C58H72N2O4.C48H56N2/c1-9-11-13-15-17-19-25-43-39-51(41-31-35-45(36-32-41)59-55(61)63-57(3,4)5)47-27-21-23-29-49(47)53(43)54-44(26-20-18-16-14-12-10-2)40-52(48-28-22-24-30-50(48)54)42-33-37-46(38-34-42)60-56(62)64-58(6,7)8;1-3-5-7-9-11-13-19-37-33-45(35-25-29-39(49)30-26-35)41-21-15-17-23-43(41)47(37)48-38(20-14-12-10-8-6-4-2)34-46(36-27-31-40(50)32-28-36)42-22-16-18-24-44(42)48/h21-24,27-40H,9-20,25-26H2,1-8H3,(H,59,61)(H,60,62);15-18,21-34H,3-14,19-20,49-50H2,1-2H3. The van der Waals surface area contributed by atoms with E-state index in [2.05, 4.69) is 208 Å². The molecule has 0 aromatic heterocycles. The van der Waals surface area contributed by atoms with Gasteiger partial charge in [-0.3, -0.25) is 10.6 Å². The number of nitrogens with two attached hydrogens (primary N) is 2. The number of rotatable bonds is 36. The largest absolute Gasteiger partial charge is 0.444 e. The summed E-state index contributed by atoms with van der Waals surface area (Å²) in [6, 6.07) is 79.3. The van der Waals surface area contributed by atoms with E-state index < -0.39 is 23.4 Å². The van der Waals surface area contributed by atoms with Crippen molar-refractivity contribution >= 4 is 78.0 Å². The van der Waals surface area contributed by atoms with Gasteiger partial charge in [-0.2, -0.15) is 0 Å². The van der Waals surface area contributed by atoms with Crippen molar-refractivity contribution in [3.05, 3.63) is 241 Å². The maximum absolute atomic E-state index is 12.6. The maximum Gasteiger partial charge on any atom is 0.412 e. The number of unbranched alkanes of at least 4 members (excludes halogenated alkanes) is 20. The predicted molar refractivity (Wildman–Crippen MR) is 492 cm³/mol. The zero-order chi connectivity index (χ0) is 80.4. The van der Waals surface area contributed by atoms with Crippen LogP contribution in [0.2, 0.25) is 0 Å². The van der Waals surface area contributed by atoms with Crippen molar-refractivity contribution in [3.63, 3.8) is 0 Å². The number of fused-ring (bicyclic) bond motifs is 4. The van der Waals surface area contributed by atoms with E-state index in [-0.39, 0.29) is 0 Å². The topological polar surface area (TPSA) is 129 Å². The Morgan fingerprint density at radius 2 is 0.474 bits per heavy atom. The molecule has 8 heteroatoms. The summed E-state index contributed by atoms with van der Waals surface area (Å²) in [5.74, 6) is 0. The highest BCUT2D eigenvalue weighted by Gasteiger charge is 2.26. The summed E-state index contributed by atoms with van der Waals surface area (Å²) in [5.41, 5.74) is 35.0. The van der Waals surface area contributed by atoms with E-state index in [0.717, 1.165) is 61.0 Å². The highest BCUT2D eigenvalue weighted by atomic mass is 16.6. The molecule has 0 spiro atoms. The first-order chi connectivity index (χ1) is 55.3. The van der Waals surface area contributed by atoms with Crippen LogP contribution in [-0.4, -0.2) is 23.4 Å². The molecule has 0 aliphatic rings. The first-order valence-electron chi connectivity index (χ1n) is 43.4. The molecule has 0 unspecified atom stereocenters. The average Bonchev–Trinajstić information content (AvgIpc) is 0.737. The molecule has 0 aliphatic carbocycles. The Kier molecular flexibility index (Phi) is 31.0. The van der Waals surface area contributed by atoms with E-state index in [1.807, 2.05) is 90.1 Å². The molecule has 12 aromatic rings. The van der Waals surface area contributed by atoms with Gasteiger partial charge in [-0.1, -0.05) is 302 Å². The minimum Gasteiger partial charge on any atom is -0.444 e. The smallest absolute Gasteiger partial charge is 0.412 e. The van der Waals surface area contributed by atoms with Crippen LogP contribution in [0.3, 0.4) is 0 Å². The number of amides is 2. The summed E-state index contributed by atoms with van der Waals surface area (Å²) in [6.45, 7) is 20.4. The molecule has 0 saturated carbocycles. The Balaban J connectivity index is 0.000000231. The molecule has 8 nitrogen and oxygen atoms in total. The van der Waals surface area contributed by atoms with Crippen molar-refractivity contribution in [2.24, 2.45) is 0 Å². The predicted octanol–water partition coefficient (Wildman–Crippen LogP) is 31.5. The van der Waals surface area contributed by atoms with Crippen molar-refractivity contribution in [1.82, 2.24) is 0 Å². The van der Waals surface area contributed by atoms with Gasteiger partial charge in [-0.15, -0.1) is 0 Å². The highest BCUT2D eigenvalue weighted by molar-refractivity contribution is 6.16. The Morgan fingerprint density at radius 1 is 0.272 bits per heavy atom. The van der Waals surface area contributed by atoms with Gasteiger partial charge in [0, 0.05) is 22.7 Å². The lowest BCUT2D eigenvalue weighted by atomic mass is 9.80. The van der Waals surface area contributed by atoms with Crippen molar-refractivity contribution in [2.45, 2.75) is 260 Å². The molecule has 0 saturated heterocycles. The minimum absolute atomic E-state index is 0.460. The Bertz CT molecular complexity index is 4780. The number of nitrogen functional groups attached to an aromatic ring is 2. The molecule has 0 bridgehead atoms. The lowest BCUT2D eigenvalue weighted by Crippen LogP contribution is -2.27. The third kappa shape index (κ3) is 23.1. The van der Waals surface area contributed by atoms with Gasteiger partial charge in [0.2, 0.25) is 0 Å². The van der Waals surface area contributed by atoms with Gasteiger partial charge >= 0.3 is 12.2 Å². The third-order valence-corrected chi connectivity index (χ3v) is 22.3. The molecule has 596 valence electrons. The van der Waals surface area contributed by atoms with Crippen LogP contribution in [-0.2, 0) is 35.2 Å². The fourth-order valence-corrected chi connectivity index (χ4v) is 16.7. The monoisotopic (exact) mass is 1520 g/mol. The number of nitrogens with one attached hydrogen (secondary N) is 2. The van der Waals surface area contributed by atoms with Crippen molar-refractivity contribution in [3.8, 4) is 66.8 Å². The van der Waals surface area contributed by atoms with E-state index in [1.165, 1.54) is 262 Å². The highest BCUT2D eigenvalue weighted by Crippen LogP contribution is 2.49.